The van der Waals surface area contributed by atoms with E-state index in [-0.39, 0.29) is 17.4 Å². The fraction of sp³-hybridized carbons (Fsp3) is 0.571. The Morgan fingerprint density at radius 3 is 2.95 bits per heavy atom. The number of halogens is 1. The second-order valence-electron chi connectivity index (χ2n) is 5.59. The van der Waals surface area contributed by atoms with Crippen LogP contribution in [0.15, 0.2) is 16.6 Å². The van der Waals surface area contributed by atoms with Gasteiger partial charge < -0.3 is 9.84 Å². The summed E-state index contributed by atoms with van der Waals surface area (Å²) < 4.78 is 29.6. The molecule has 110 valence electrons. The Bertz CT molecular complexity index is 626. The Kier molecular flexibility index (Phi) is 3.81. The first-order valence-electron chi connectivity index (χ1n) is 6.77. The summed E-state index contributed by atoms with van der Waals surface area (Å²) in [6, 6.07) is 4.00. The predicted molar refractivity (Wildman–Crippen MR) is 79.8 cm³/mol. The van der Waals surface area contributed by atoms with Crippen LogP contribution in [-0.2, 0) is 22.7 Å². The minimum atomic E-state index is -2.95. The summed E-state index contributed by atoms with van der Waals surface area (Å²) >= 11 is 3.47. The molecule has 3 rings (SSSR count). The van der Waals surface area contributed by atoms with Crippen LogP contribution in [0.25, 0.3) is 0 Å². The van der Waals surface area contributed by atoms with Gasteiger partial charge in [0.05, 0.1) is 24.2 Å². The summed E-state index contributed by atoms with van der Waals surface area (Å²) in [6.45, 7) is 0.673. The monoisotopic (exact) mass is 360 g/mol. The molecule has 1 aromatic rings. The maximum atomic E-state index is 11.5. The van der Waals surface area contributed by atoms with Gasteiger partial charge in [-0.15, -0.1) is 0 Å². The Morgan fingerprint density at radius 2 is 2.25 bits per heavy atom. The van der Waals surface area contributed by atoms with Crippen molar-refractivity contribution in [3.8, 4) is 5.75 Å². The summed E-state index contributed by atoms with van der Waals surface area (Å²) in [5, 5.41) is 10.3. The van der Waals surface area contributed by atoms with E-state index in [0.29, 0.717) is 19.4 Å². The smallest absolute Gasteiger partial charge is 0.150 e. The number of hydrogen-bond acceptors (Lipinski definition) is 4. The fourth-order valence-electron chi connectivity index (χ4n) is 3.02. The summed E-state index contributed by atoms with van der Waals surface area (Å²) in [6.07, 6.45) is 1.26. The number of hydrogen-bond donors (Lipinski definition) is 1. The number of fused-ring (bicyclic) bond motifs is 1. The van der Waals surface area contributed by atoms with E-state index in [2.05, 4.69) is 15.9 Å². The zero-order valence-corrected chi connectivity index (χ0v) is 13.4. The van der Waals surface area contributed by atoms with Crippen molar-refractivity contribution < 1.29 is 18.3 Å². The van der Waals surface area contributed by atoms with E-state index in [0.717, 1.165) is 27.8 Å². The molecule has 1 fully saturated rings. The number of rotatable bonds is 3. The van der Waals surface area contributed by atoms with Gasteiger partial charge in [0.2, 0.25) is 0 Å². The largest absolute Gasteiger partial charge is 0.493 e. The fourth-order valence-corrected chi connectivity index (χ4v) is 5.44. The molecular weight excluding hydrogens is 344 g/mol. The molecular formula is C14H17BrO4S. The van der Waals surface area contributed by atoms with E-state index >= 15 is 0 Å². The molecule has 0 aliphatic carbocycles. The van der Waals surface area contributed by atoms with E-state index < -0.39 is 15.9 Å². The van der Waals surface area contributed by atoms with Crippen LogP contribution in [0, 0.1) is 5.92 Å². The van der Waals surface area contributed by atoms with Gasteiger partial charge >= 0.3 is 0 Å². The number of aliphatic hydroxyl groups is 1. The normalized spacial score (nSPS) is 25.2. The number of sulfone groups is 1. The van der Waals surface area contributed by atoms with Crippen LogP contribution >= 0.6 is 15.9 Å². The molecule has 0 radical (unpaired) electrons. The van der Waals surface area contributed by atoms with Gasteiger partial charge in [0.25, 0.3) is 0 Å². The molecule has 2 heterocycles. The quantitative estimate of drug-likeness (QED) is 0.891. The molecule has 2 aliphatic rings. The van der Waals surface area contributed by atoms with Crippen LogP contribution in [0.4, 0.5) is 0 Å². The van der Waals surface area contributed by atoms with Crippen molar-refractivity contribution in [1.82, 2.24) is 0 Å². The molecule has 0 aromatic heterocycles. The zero-order chi connectivity index (χ0) is 14.3. The van der Waals surface area contributed by atoms with Crippen molar-refractivity contribution in [1.29, 1.82) is 0 Å². The molecule has 1 saturated heterocycles. The highest BCUT2D eigenvalue weighted by molar-refractivity contribution is 9.10. The SMILES string of the molecule is O=S1(=O)CCC(C(O)Cc2cc(Br)cc3c2OCC3)C1. The van der Waals surface area contributed by atoms with Gasteiger partial charge in [-0.3, -0.25) is 0 Å². The second-order valence-corrected chi connectivity index (χ2v) is 8.73. The van der Waals surface area contributed by atoms with Gasteiger partial charge in [-0.25, -0.2) is 8.42 Å². The van der Waals surface area contributed by atoms with Crippen molar-refractivity contribution in [3.63, 3.8) is 0 Å². The Labute approximate surface area is 127 Å². The van der Waals surface area contributed by atoms with Gasteiger partial charge in [-0.05, 0) is 29.7 Å². The second kappa shape index (κ2) is 5.31. The zero-order valence-electron chi connectivity index (χ0n) is 11.0. The predicted octanol–water partition coefficient (Wildman–Crippen LogP) is 1.72. The Hall–Kier alpha value is -0.590. The summed E-state index contributed by atoms with van der Waals surface area (Å²) in [4.78, 5) is 0. The molecule has 0 amide bonds. The van der Waals surface area contributed by atoms with Crippen LogP contribution < -0.4 is 4.74 Å². The minimum absolute atomic E-state index is 0.102. The van der Waals surface area contributed by atoms with Crippen LogP contribution in [0.1, 0.15) is 17.5 Å². The molecule has 6 heteroatoms. The van der Waals surface area contributed by atoms with Crippen LogP contribution in [-0.4, -0.2) is 37.7 Å². The maximum Gasteiger partial charge on any atom is 0.150 e. The van der Waals surface area contributed by atoms with E-state index in [1.54, 1.807) is 0 Å². The van der Waals surface area contributed by atoms with Gasteiger partial charge in [0, 0.05) is 23.2 Å². The Morgan fingerprint density at radius 1 is 1.45 bits per heavy atom. The molecule has 1 N–H and O–H groups in total. The molecule has 2 atom stereocenters. The third-order valence-electron chi connectivity index (χ3n) is 4.07. The summed E-state index contributed by atoms with van der Waals surface area (Å²) in [5.41, 5.74) is 2.12. The lowest BCUT2D eigenvalue weighted by molar-refractivity contribution is 0.119. The number of ether oxygens (including phenoxy) is 1. The molecule has 0 saturated carbocycles. The first-order chi connectivity index (χ1) is 9.44. The lowest BCUT2D eigenvalue weighted by atomic mass is 9.94. The highest BCUT2D eigenvalue weighted by atomic mass is 79.9. The maximum absolute atomic E-state index is 11.5. The van der Waals surface area contributed by atoms with E-state index in [1.165, 1.54) is 0 Å². The summed E-state index contributed by atoms with van der Waals surface area (Å²) in [7, 11) is -2.95. The van der Waals surface area contributed by atoms with Crippen molar-refractivity contribution in [2.75, 3.05) is 18.1 Å². The van der Waals surface area contributed by atoms with E-state index in [1.807, 2.05) is 12.1 Å². The number of benzene rings is 1. The molecule has 1 aromatic carbocycles. The van der Waals surface area contributed by atoms with Gasteiger partial charge in [-0.2, -0.15) is 0 Å². The van der Waals surface area contributed by atoms with Crippen molar-refractivity contribution >= 4 is 25.8 Å². The van der Waals surface area contributed by atoms with Crippen molar-refractivity contribution in [2.24, 2.45) is 5.92 Å². The van der Waals surface area contributed by atoms with Crippen molar-refractivity contribution in [3.05, 3.63) is 27.7 Å². The third-order valence-corrected chi connectivity index (χ3v) is 6.32. The number of aliphatic hydroxyl groups excluding tert-OH is 1. The third kappa shape index (κ3) is 2.87. The summed E-state index contributed by atoms with van der Waals surface area (Å²) in [5.74, 6) is 1.01. The molecule has 0 spiro atoms. The van der Waals surface area contributed by atoms with Crippen molar-refractivity contribution in [2.45, 2.75) is 25.4 Å². The average Bonchev–Trinajstić information content (AvgIpc) is 2.95. The van der Waals surface area contributed by atoms with Crippen LogP contribution in [0.2, 0.25) is 0 Å². The first kappa shape index (κ1) is 14.4. The van der Waals surface area contributed by atoms with Gasteiger partial charge in [-0.1, -0.05) is 15.9 Å². The standard InChI is InChI=1S/C14H17BrO4S/c15-12-5-9-1-3-19-14(9)11(6-12)7-13(16)10-2-4-20(17,18)8-10/h5-6,10,13,16H,1-4,7-8H2. The lowest BCUT2D eigenvalue weighted by Crippen LogP contribution is -2.24. The van der Waals surface area contributed by atoms with Crippen LogP contribution in [0.5, 0.6) is 5.75 Å². The molecule has 2 aliphatic heterocycles. The highest BCUT2D eigenvalue weighted by Crippen LogP contribution is 2.35. The molecule has 2 unspecified atom stereocenters. The van der Waals surface area contributed by atoms with E-state index in [9.17, 15) is 13.5 Å². The highest BCUT2D eigenvalue weighted by Gasteiger charge is 2.33. The minimum Gasteiger partial charge on any atom is -0.493 e. The lowest BCUT2D eigenvalue weighted by Gasteiger charge is -2.18. The van der Waals surface area contributed by atoms with E-state index in [4.69, 9.17) is 4.74 Å². The molecule has 20 heavy (non-hydrogen) atoms. The average molecular weight is 361 g/mol. The molecule has 0 bridgehead atoms. The topological polar surface area (TPSA) is 63.6 Å². The van der Waals surface area contributed by atoms with Gasteiger partial charge in [0.15, 0.2) is 9.84 Å². The first-order valence-corrected chi connectivity index (χ1v) is 9.38. The molecule has 4 nitrogen and oxygen atoms in total. The Balaban J connectivity index is 1.78. The van der Waals surface area contributed by atoms with Gasteiger partial charge in [0.1, 0.15) is 5.75 Å². The van der Waals surface area contributed by atoms with Crippen LogP contribution in [0.3, 0.4) is 0 Å².